The van der Waals surface area contributed by atoms with Gasteiger partial charge in [-0.1, -0.05) is 11.6 Å². The molecule has 0 radical (unpaired) electrons. The van der Waals surface area contributed by atoms with Gasteiger partial charge in [0.05, 0.1) is 5.02 Å². The maximum Gasteiger partial charge on any atom is 0.265 e. The number of nitrogens with two attached hydrogens (primary N) is 1. The topological polar surface area (TPSA) is 46.3 Å². The minimum atomic E-state index is 0.0509. The fourth-order valence-electron chi connectivity index (χ4n) is 1.82. The van der Waals surface area contributed by atoms with Gasteiger partial charge in [-0.3, -0.25) is 4.79 Å². The van der Waals surface area contributed by atoms with Crippen molar-refractivity contribution in [2.24, 2.45) is 5.73 Å². The van der Waals surface area contributed by atoms with E-state index in [1.165, 1.54) is 11.3 Å². The van der Waals surface area contributed by atoms with Crippen LogP contribution in [0.3, 0.4) is 0 Å². The number of likely N-dealkylation sites (tertiary alicyclic amines) is 1. The number of amides is 1. The second kappa shape index (κ2) is 4.73. The van der Waals surface area contributed by atoms with Crippen LogP contribution in [0, 0.1) is 6.92 Å². The molecular weight excluding hydrogens is 244 g/mol. The average Bonchev–Trinajstić information content (AvgIpc) is 2.60. The van der Waals surface area contributed by atoms with Crippen molar-refractivity contribution in [3.8, 4) is 0 Å². The van der Waals surface area contributed by atoms with E-state index < -0.39 is 0 Å². The molecule has 16 heavy (non-hydrogen) atoms. The lowest BCUT2D eigenvalue weighted by Gasteiger charge is -2.29. The zero-order valence-corrected chi connectivity index (χ0v) is 10.8. The van der Waals surface area contributed by atoms with Gasteiger partial charge in [-0.05, 0) is 30.7 Å². The van der Waals surface area contributed by atoms with Crippen molar-refractivity contribution in [3.63, 3.8) is 0 Å². The number of hydrogen-bond donors (Lipinski definition) is 1. The van der Waals surface area contributed by atoms with Gasteiger partial charge >= 0.3 is 0 Å². The Kier molecular flexibility index (Phi) is 3.52. The number of hydrogen-bond acceptors (Lipinski definition) is 3. The molecule has 88 valence electrons. The number of halogens is 1. The smallest absolute Gasteiger partial charge is 0.265 e. The van der Waals surface area contributed by atoms with Crippen LogP contribution in [0.25, 0.3) is 0 Å². The molecule has 2 N–H and O–H groups in total. The Morgan fingerprint density at radius 3 is 2.69 bits per heavy atom. The highest BCUT2D eigenvalue weighted by molar-refractivity contribution is 7.13. The molecule has 0 atom stereocenters. The van der Waals surface area contributed by atoms with Gasteiger partial charge in [0.2, 0.25) is 0 Å². The van der Waals surface area contributed by atoms with Gasteiger partial charge in [0.25, 0.3) is 5.91 Å². The normalized spacial score (nSPS) is 17.8. The van der Waals surface area contributed by atoms with Crippen LogP contribution in [0.2, 0.25) is 5.02 Å². The van der Waals surface area contributed by atoms with E-state index in [4.69, 9.17) is 17.3 Å². The summed E-state index contributed by atoms with van der Waals surface area (Å²) >= 11 is 7.51. The Hall–Kier alpha value is -0.580. The monoisotopic (exact) mass is 258 g/mol. The Labute approximate surface area is 104 Å². The van der Waals surface area contributed by atoms with Crippen LogP contribution in [0.1, 0.15) is 28.1 Å². The summed E-state index contributed by atoms with van der Waals surface area (Å²) in [4.78, 5) is 14.7. The van der Waals surface area contributed by atoms with E-state index in [0.717, 1.165) is 31.5 Å². The fourth-order valence-corrected chi connectivity index (χ4v) is 3.06. The molecular formula is C11H15ClN2OS. The van der Waals surface area contributed by atoms with Crippen molar-refractivity contribution in [1.82, 2.24) is 4.90 Å². The molecule has 1 aromatic heterocycles. The zero-order valence-electron chi connectivity index (χ0n) is 9.20. The molecule has 1 fully saturated rings. The molecule has 0 unspecified atom stereocenters. The maximum absolute atomic E-state index is 12.2. The molecule has 0 bridgehead atoms. The first-order chi connectivity index (χ1) is 7.59. The standard InChI is InChI=1S/C11H15ClN2OS/c1-7-6-16-10(9(7)12)11(15)14-4-2-8(13)3-5-14/h6,8H,2-5,13H2,1H3. The number of carbonyl (C=O) groups excluding carboxylic acids is 1. The van der Waals surface area contributed by atoms with E-state index in [0.29, 0.717) is 9.90 Å². The van der Waals surface area contributed by atoms with Crippen LogP contribution < -0.4 is 5.73 Å². The number of carbonyl (C=O) groups is 1. The summed E-state index contributed by atoms with van der Waals surface area (Å²) in [7, 11) is 0. The first-order valence-electron chi connectivity index (χ1n) is 5.38. The summed E-state index contributed by atoms with van der Waals surface area (Å²) in [5, 5.41) is 2.52. The van der Waals surface area contributed by atoms with Crippen LogP contribution in [0.15, 0.2) is 5.38 Å². The van der Waals surface area contributed by atoms with E-state index in [2.05, 4.69) is 0 Å². The van der Waals surface area contributed by atoms with E-state index in [-0.39, 0.29) is 11.9 Å². The third-order valence-corrected chi connectivity index (χ3v) is 4.61. The number of nitrogens with zero attached hydrogens (tertiary/aromatic N) is 1. The van der Waals surface area contributed by atoms with Gasteiger partial charge in [-0.15, -0.1) is 11.3 Å². The van der Waals surface area contributed by atoms with Crippen molar-refractivity contribution in [3.05, 3.63) is 20.8 Å². The molecule has 2 rings (SSSR count). The Morgan fingerprint density at radius 1 is 1.56 bits per heavy atom. The van der Waals surface area contributed by atoms with Crippen LogP contribution in [-0.2, 0) is 0 Å². The van der Waals surface area contributed by atoms with Gasteiger partial charge in [-0.25, -0.2) is 0 Å². The van der Waals surface area contributed by atoms with Crippen molar-refractivity contribution in [2.45, 2.75) is 25.8 Å². The first kappa shape index (κ1) is 11.9. The number of piperidine rings is 1. The molecule has 5 heteroatoms. The Morgan fingerprint density at radius 2 is 2.19 bits per heavy atom. The molecule has 0 saturated carbocycles. The van der Waals surface area contributed by atoms with Gasteiger partial charge in [0.15, 0.2) is 0 Å². The molecule has 0 aromatic carbocycles. The fraction of sp³-hybridized carbons (Fsp3) is 0.545. The van der Waals surface area contributed by atoms with E-state index in [1.807, 2.05) is 17.2 Å². The lowest BCUT2D eigenvalue weighted by molar-refractivity contribution is 0.0720. The Bertz CT molecular complexity index is 397. The zero-order chi connectivity index (χ0) is 11.7. The number of thiophene rings is 1. The molecule has 2 heterocycles. The summed E-state index contributed by atoms with van der Waals surface area (Å²) in [6.07, 6.45) is 1.77. The summed E-state index contributed by atoms with van der Waals surface area (Å²) in [6, 6.07) is 0.240. The molecule has 1 aliphatic rings. The van der Waals surface area contributed by atoms with Crippen molar-refractivity contribution in [2.75, 3.05) is 13.1 Å². The highest BCUT2D eigenvalue weighted by Crippen LogP contribution is 2.29. The molecule has 1 saturated heterocycles. The van der Waals surface area contributed by atoms with Crippen molar-refractivity contribution in [1.29, 1.82) is 0 Å². The average molecular weight is 259 g/mol. The quantitative estimate of drug-likeness (QED) is 0.840. The lowest BCUT2D eigenvalue weighted by atomic mass is 10.1. The predicted octanol–water partition coefficient (Wildman–Crippen LogP) is 2.27. The third kappa shape index (κ3) is 2.24. The van der Waals surface area contributed by atoms with Crippen molar-refractivity contribution < 1.29 is 4.79 Å². The summed E-state index contributed by atoms with van der Waals surface area (Å²) < 4.78 is 0. The molecule has 1 aromatic rings. The van der Waals surface area contributed by atoms with Gasteiger partial charge in [0.1, 0.15) is 4.88 Å². The van der Waals surface area contributed by atoms with Crippen LogP contribution in [0.5, 0.6) is 0 Å². The lowest BCUT2D eigenvalue weighted by Crippen LogP contribution is -2.42. The van der Waals surface area contributed by atoms with Crippen LogP contribution in [-0.4, -0.2) is 29.9 Å². The molecule has 1 amide bonds. The minimum Gasteiger partial charge on any atom is -0.338 e. The van der Waals surface area contributed by atoms with E-state index in [9.17, 15) is 4.79 Å². The molecule has 0 aliphatic carbocycles. The number of rotatable bonds is 1. The summed E-state index contributed by atoms with van der Waals surface area (Å²) in [6.45, 7) is 3.41. The maximum atomic E-state index is 12.2. The molecule has 3 nitrogen and oxygen atoms in total. The first-order valence-corrected chi connectivity index (χ1v) is 6.64. The van der Waals surface area contributed by atoms with E-state index in [1.54, 1.807) is 0 Å². The second-order valence-electron chi connectivity index (χ2n) is 4.19. The summed E-state index contributed by atoms with van der Waals surface area (Å²) in [5.41, 5.74) is 6.78. The minimum absolute atomic E-state index is 0.0509. The van der Waals surface area contributed by atoms with Gasteiger partial charge in [0, 0.05) is 19.1 Å². The highest BCUT2D eigenvalue weighted by atomic mass is 35.5. The van der Waals surface area contributed by atoms with Crippen molar-refractivity contribution >= 4 is 28.8 Å². The van der Waals surface area contributed by atoms with E-state index >= 15 is 0 Å². The third-order valence-electron chi connectivity index (χ3n) is 2.92. The van der Waals surface area contributed by atoms with Crippen LogP contribution >= 0.6 is 22.9 Å². The predicted molar refractivity (Wildman–Crippen MR) is 67.2 cm³/mol. The molecule has 1 aliphatic heterocycles. The van der Waals surface area contributed by atoms with Crippen LogP contribution in [0.4, 0.5) is 0 Å². The SMILES string of the molecule is Cc1csc(C(=O)N2CCC(N)CC2)c1Cl. The van der Waals surface area contributed by atoms with Gasteiger partial charge < -0.3 is 10.6 Å². The summed E-state index contributed by atoms with van der Waals surface area (Å²) in [5.74, 6) is 0.0509. The van der Waals surface area contributed by atoms with Gasteiger partial charge in [-0.2, -0.15) is 0 Å². The largest absolute Gasteiger partial charge is 0.338 e. The Balaban J connectivity index is 2.11. The highest BCUT2D eigenvalue weighted by Gasteiger charge is 2.24. The number of aryl methyl sites for hydroxylation is 1. The molecule has 0 spiro atoms. The second-order valence-corrected chi connectivity index (χ2v) is 5.45.